The van der Waals surface area contributed by atoms with Gasteiger partial charge in [0.05, 0.1) is 11.8 Å². The molecular weight excluding hydrogens is 180 g/mol. The van der Waals surface area contributed by atoms with Crippen molar-refractivity contribution in [2.75, 3.05) is 7.11 Å². The number of fused-ring (bicyclic) bond motifs is 1. The van der Waals surface area contributed by atoms with Gasteiger partial charge in [0.15, 0.2) is 0 Å². The van der Waals surface area contributed by atoms with Crippen LogP contribution in [0.15, 0.2) is 17.5 Å². The largest absolute Gasteiger partial charge is 0.495 e. The molecule has 0 spiro atoms. The summed E-state index contributed by atoms with van der Waals surface area (Å²) in [5.74, 6) is 1.02. The molecule has 0 atom stereocenters. The first-order valence-corrected chi connectivity index (χ1v) is 5.13. The fourth-order valence-corrected chi connectivity index (χ4v) is 2.68. The maximum absolute atomic E-state index is 5.38. The van der Waals surface area contributed by atoms with Gasteiger partial charge in [-0.2, -0.15) is 0 Å². The third-order valence-electron chi connectivity index (χ3n) is 2.29. The number of hydrogen-bond acceptors (Lipinski definition) is 2. The van der Waals surface area contributed by atoms with Crippen LogP contribution < -0.4 is 4.74 Å². The van der Waals surface area contributed by atoms with Crippen LogP contribution in [0.5, 0.6) is 5.75 Å². The monoisotopic (exact) mass is 192 g/mol. The molecule has 0 unspecified atom stereocenters. The van der Waals surface area contributed by atoms with Crippen LogP contribution in [0.1, 0.15) is 11.1 Å². The molecule has 0 fully saturated rings. The zero-order chi connectivity index (χ0) is 9.42. The number of aryl methyl sites for hydroxylation is 2. The van der Waals surface area contributed by atoms with Crippen LogP contribution in [-0.4, -0.2) is 7.11 Å². The van der Waals surface area contributed by atoms with Crippen LogP contribution in [0.25, 0.3) is 10.1 Å². The Bertz CT molecular complexity index is 443. The Balaban J connectivity index is 2.85. The van der Waals surface area contributed by atoms with Crippen LogP contribution >= 0.6 is 11.3 Å². The molecule has 0 saturated heterocycles. The average Bonchev–Trinajstić information content (AvgIpc) is 2.48. The second kappa shape index (κ2) is 3.04. The quantitative estimate of drug-likeness (QED) is 0.671. The summed E-state index contributed by atoms with van der Waals surface area (Å²) in [5, 5.41) is 3.49. The highest BCUT2D eigenvalue weighted by Gasteiger charge is 2.07. The molecule has 0 aliphatic rings. The standard InChI is InChI=1S/C11H12OS/c1-7-4-5-9-8(2)6-13-11(9)10(7)12-3/h4-6H,1-3H3. The molecule has 0 saturated carbocycles. The van der Waals surface area contributed by atoms with Crippen LogP contribution in [0, 0.1) is 13.8 Å². The van der Waals surface area contributed by atoms with Crippen molar-refractivity contribution in [3.05, 3.63) is 28.6 Å². The predicted octanol–water partition coefficient (Wildman–Crippen LogP) is 3.53. The number of ether oxygens (including phenoxy) is 1. The smallest absolute Gasteiger partial charge is 0.139 e. The topological polar surface area (TPSA) is 9.23 Å². The van der Waals surface area contributed by atoms with Crippen molar-refractivity contribution >= 4 is 21.4 Å². The fourth-order valence-electron chi connectivity index (χ4n) is 1.55. The third kappa shape index (κ3) is 1.22. The van der Waals surface area contributed by atoms with Gasteiger partial charge in [-0.3, -0.25) is 0 Å². The van der Waals surface area contributed by atoms with E-state index in [-0.39, 0.29) is 0 Å². The SMILES string of the molecule is COc1c(C)ccc2c(C)csc12. The molecule has 0 bridgehead atoms. The van der Waals surface area contributed by atoms with Gasteiger partial charge < -0.3 is 4.74 Å². The second-order valence-corrected chi connectivity index (χ2v) is 4.09. The summed E-state index contributed by atoms with van der Waals surface area (Å²) >= 11 is 1.75. The normalized spacial score (nSPS) is 10.7. The van der Waals surface area contributed by atoms with Gasteiger partial charge in [-0.15, -0.1) is 11.3 Å². The van der Waals surface area contributed by atoms with E-state index in [0.717, 1.165) is 5.75 Å². The van der Waals surface area contributed by atoms with E-state index in [1.807, 2.05) is 0 Å². The van der Waals surface area contributed by atoms with E-state index in [1.165, 1.54) is 21.2 Å². The molecule has 2 aromatic rings. The Hall–Kier alpha value is -1.02. The molecule has 1 aromatic carbocycles. The maximum Gasteiger partial charge on any atom is 0.139 e. The van der Waals surface area contributed by atoms with Crippen LogP contribution in [0.2, 0.25) is 0 Å². The van der Waals surface area contributed by atoms with E-state index in [1.54, 1.807) is 18.4 Å². The van der Waals surface area contributed by atoms with Crippen LogP contribution in [0.4, 0.5) is 0 Å². The molecule has 1 heterocycles. The second-order valence-electron chi connectivity index (χ2n) is 3.21. The summed E-state index contributed by atoms with van der Waals surface area (Å²) in [6.07, 6.45) is 0. The number of methoxy groups -OCH3 is 1. The lowest BCUT2D eigenvalue weighted by atomic mass is 10.1. The molecule has 2 rings (SSSR count). The van der Waals surface area contributed by atoms with Gasteiger partial charge in [-0.25, -0.2) is 0 Å². The lowest BCUT2D eigenvalue weighted by Crippen LogP contribution is -1.86. The predicted molar refractivity (Wildman–Crippen MR) is 57.9 cm³/mol. The highest BCUT2D eigenvalue weighted by Crippen LogP contribution is 2.35. The number of thiophene rings is 1. The van der Waals surface area contributed by atoms with E-state index < -0.39 is 0 Å². The maximum atomic E-state index is 5.38. The summed E-state index contributed by atoms with van der Waals surface area (Å²) in [6.45, 7) is 4.21. The van der Waals surface area contributed by atoms with Crippen LogP contribution in [-0.2, 0) is 0 Å². The van der Waals surface area contributed by atoms with Gasteiger partial charge in [0.1, 0.15) is 5.75 Å². The van der Waals surface area contributed by atoms with Gasteiger partial charge in [0.2, 0.25) is 0 Å². The molecule has 0 N–H and O–H groups in total. The molecule has 1 aromatic heterocycles. The van der Waals surface area contributed by atoms with Crippen molar-refractivity contribution in [3.63, 3.8) is 0 Å². The summed E-state index contributed by atoms with van der Waals surface area (Å²) in [6, 6.07) is 4.28. The third-order valence-corrected chi connectivity index (χ3v) is 3.40. The Morgan fingerprint density at radius 1 is 1.15 bits per heavy atom. The summed E-state index contributed by atoms with van der Waals surface area (Å²) in [5.41, 5.74) is 2.54. The van der Waals surface area contributed by atoms with E-state index >= 15 is 0 Å². The van der Waals surface area contributed by atoms with Gasteiger partial charge in [0.25, 0.3) is 0 Å². The van der Waals surface area contributed by atoms with Crippen molar-refractivity contribution in [1.29, 1.82) is 0 Å². The summed E-state index contributed by atoms with van der Waals surface area (Å²) in [4.78, 5) is 0. The minimum absolute atomic E-state index is 1.02. The molecule has 0 aliphatic heterocycles. The van der Waals surface area contributed by atoms with Crippen molar-refractivity contribution < 1.29 is 4.74 Å². The fraction of sp³-hybridized carbons (Fsp3) is 0.273. The lowest BCUT2D eigenvalue weighted by Gasteiger charge is -2.05. The Kier molecular flexibility index (Phi) is 2.00. The van der Waals surface area contributed by atoms with Gasteiger partial charge in [-0.05, 0) is 35.7 Å². The van der Waals surface area contributed by atoms with E-state index in [4.69, 9.17) is 4.74 Å². The molecule has 2 heteroatoms. The number of rotatable bonds is 1. The molecule has 0 aliphatic carbocycles. The first kappa shape index (κ1) is 8.57. The number of hydrogen-bond donors (Lipinski definition) is 0. The Labute approximate surface area is 82.0 Å². The summed E-state index contributed by atoms with van der Waals surface area (Å²) < 4.78 is 6.65. The molecule has 0 radical (unpaired) electrons. The van der Waals surface area contributed by atoms with Crippen molar-refractivity contribution in [1.82, 2.24) is 0 Å². The average molecular weight is 192 g/mol. The van der Waals surface area contributed by atoms with Crippen molar-refractivity contribution in [3.8, 4) is 5.75 Å². The highest BCUT2D eigenvalue weighted by atomic mass is 32.1. The van der Waals surface area contributed by atoms with Crippen molar-refractivity contribution in [2.45, 2.75) is 13.8 Å². The molecular formula is C11H12OS. The highest BCUT2D eigenvalue weighted by molar-refractivity contribution is 7.17. The van der Waals surface area contributed by atoms with Gasteiger partial charge in [-0.1, -0.05) is 12.1 Å². The first-order chi connectivity index (χ1) is 6.24. The first-order valence-electron chi connectivity index (χ1n) is 4.25. The molecule has 13 heavy (non-hydrogen) atoms. The lowest BCUT2D eigenvalue weighted by molar-refractivity contribution is 0.417. The minimum atomic E-state index is 1.02. The molecule has 1 nitrogen and oxygen atoms in total. The van der Waals surface area contributed by atoms with Crippen LogP contribution in [0.3, 0.4) is 0 Å². The Morgan fingerprint density at radius 3 is 2.62 bits per heavy atom. The zero-order valence-corrected chi connectivity index (χ0v) is 8.87. The van der Waals surface area contributed by atoms with Gasteiger partial charge in [0, 0.05) is 0 Å². The Morgan fingerprint density at radius 2 is 1.92 bits per heavy atom. The number of benzene rings is 1. The molecule has 68 valence electrons. The van der Waals surface area contributed by atoms with E-state index in [9.17, 15) is 0 Å². The summed E-state index contributed by atoms with van der Waals surface area (Å²) in [7, 11) is 1.73. The van der Waals surface area contributed by atoms with E-state index in [0.29, 0.717) is 0 Å². The van der Waals surface area contributed by atoms with Gasteiger partial charge >= 0.3 is 0 Å². The van der Waals surface area contributed by atoms with Crippen molar-refractivity contribution in [2.24, 2.45) is 0 Å². The molecule has 0 amide bonds. The van der Waals surface area contributed by atoms with E-state index in [2.05, 4.69) is 31.4 Å². The minimum Gasteiger partial charge on any atom is -0.495 e. The zero-order valence-electron chi connectivity index (χ0n) is 8.05.